The quantitative estimate of drug-likeness (QED) is 0.779. The van der Waals surface area contributed by atoms with Gasteiger partial charge in [-0.3, -0.25) is 5.10 Å². The summed E-state index contributed by atoms with van der Waals surface area (Å²) in [5.41, 5.74) is 1.77. The van der Waals surface area contributed by atoms with Crippen molar-refractivity contribution in [2.24, 2.45) is 5.41 Å². The molecular formula is C12H21N3. The van der Waals surface area contributed by atoms with E-state index in [9.17, 15) is 0 Å². The largest absolute Gasteiger partial charge is 0.308 e. The third-order valence-electron chi connectivity index (χ3n) is 3.94. The van der Waals surface area contributed by atoms with Gasteiger partial charge in [-0.25, -0.2) is 0 Å². The fraction of sp³-hybridized carbons (Fsp3) is 0.750. The van der Waals surface area contributed by atoms with Crippen molar-refractivity contribution in [1.82, 2.24) is 15.5 Å². The zero-order chi connectivity index (χ0) is 10.7. The van der Waals surface area contributed by atoms with Crippen molar-refractivity contribution in [3.8, 4) is 0 Å². The van der Waals surface area contributed by atoms with Crippen LogP contribution in [0, 0.1) is 5.41 Å². The first-order valence-electron chi connectivity index (χ1n) is 5.98. The maximum absolute atomic E-state index is 3.98. The van der Waals surface area contributed by atoms with Gasteiger partial charge >= 0.3 is 0 Å². The van der Waals surface area contributed by atoms with Crippen LogP contribution in [0.3, 0.4) is 0 Å². The summed E-state index contributed by atoms with van der Waals surface area (Å²) in [5.74, 6) is 0. The Morgan fingerprint density at radius 1 is 1.60 bits per heavy atom. The molecule has 0 aromatic carbocycles. The van der Waals surface area contributed by atoms with Crippen LogP contribution in [0.4, 0.5) is 0 Å². The van der Waals surface area contributed by atoms with Crippen LogP contribution in [0.25, 0.3) is 0 Å². The molecule has 3 heteroatoms. The lowest BCUT2D eigenvalue weighted by Gasteiger charge is -2.42. The van der Waals surface area contributed by atoms with Crippen LogP contribution >= 0.6 is 0 Å². The van der Waals surface area contributed by atoms with Crippen LogP contribution in [0.2, 0.25) is 0 Å². The van der Waals surface area contributed by atoms with Crippen LogP contribution < -0.4 is 5.32 Å². The van der Waals surface area contributed by atoms with Gasteiger partial charge < -0.3 is 5.32 Å². The molecule has 2 N–H and O–H groups in total. The Balaban J connectivity index is 1.82. The molecule has 0 spiro atoms. The van der Waals surface area contributed by atoms with Crippen molar-refractivity contribution in [1.29, 1.82) is 0 Å². The van der Waals surface area contributed by atoms with Gasteiger partial charge in [0.05, 0.1) is 5.69 Å². The number of aromatic nitrogens is 2. The Kier molecular flexibility index (Phi) is 3.10. The summed E-state index contributed by atoms with van der Waals surface area (Å²) in [7, 11) is 0. The molecular weight excluding hydrogens is 186 g/mol. The van der Waals surface area contributed by atoms with Crippen molar-refractivity contribution >= 4 is 0 Å². The monoisotopic (exact) mass is 207 g/mol. The minimum absolute atomic E-state index is 0.386. The highest BCUT2D eigenvalue weighted by molar-refractivity contribution is 5.03. The summed E-state index contributed by atoms with van der Waals surface area (Å²) in [6, 6.07) is 2.42. The molecule has 0 amide bonds. The van der Waals surface area contributed by atoms with E-state index in [4.69, 9.17) is 0 Å². The maximum Gasteiger partial charge on any atom is 0.0518 e. The van der Waals surface area contributed by atoms with Gasteiger partial charge in [0.1, 0.15) is 0 Å². The fourth-order valence-electron chi connectivity index (χ4n) is 2.32. The average Bonchev–Trinajstić information content (AvgIpc) is 2.69. The molecule has 0 saturated heterocycles. The van der Waals surface area contributed by atoms with Crippen molar-refractivity contribution in [3.05, 3.63) is 18.0 Å². The number of hydrogen-bond donors (Lipinski definition) is 2. The van der Waals surface area contributed by atoms with Crippen molar-refractivity contribution in [2.45, 2.75) is 45.6 Å². The highest BCUT2D eigenvalue weighted by Gasteiger charge is 2.34. The average molecular weight is 207 g/mol. The normalized spacial score (nSPS) is 20.9. The zero-order valence-corrected chi connectivity index (χ0v) is 9.71. The Labute approximate surface area is 91.7 Å². The molecule has 15 heavy (non-hydrogen) atoms. The molecule has 1 saturated carbocycles. The highest BCUT2D eigenvalue weighted by Crippen LogP contribution is 2.43. The lowest BCUT2D eigenvalue weighted by molar-refractivity contribution is 0.120. The molecule has 1 aliphatic carbocycles. The van der Waals surface area contributed by atoms with E-state index in [-0.39, 0.29) is 0 Å². The summed E-state index contributed by atoms with van der Waals surface area (Å²) in [6.45, 7) is 5.64. The lowest BCUT2D eigenvalue weighted by atomic mass is 9.67. The summed E-state index contributed by atoms with van der Waals surface area (Å²) < 4.78 is 0. The first-order valence-corrected chi connectivity index (χ1v) is 5.98. The van der Waals surface area contributed by atoms with Gasteiger partial charge in [-0.2, -0.15) is 5.10 Å². The van der Waals surface area contributed by atoms with Gasteiger partial charge in [0.25, 0.3) is 0 Å². The van der Waals surface area contributed by atoms with E-state index >= 15 is 0 Å². The first kappa shape index (κ1) is 10.7. The summed E-state index contributed by atoms with van der Waals surface area (Å²) in [5, 5.41) is 10.6. The maximum atomic E-state index is 3.98. The molecule has 0 radical (unpaired) electrons. The number of aromatic amines is 1. The summed E-state index contributed by atoms with van der Waals surface area (Å²) in [4.78, 5) is 0. The number of hydrogen-bond acceptors (Lipinski definition) is 2. The second kappa shape index (κ2) is 4.35. The number of rotatable bonds is 5. The van der Waals surface area contributed by atoms with Crippen molar-refractivity contribution in [2.75, 3.05) is 6.54 Å². The minimum Gasteiger partial charge on any atom is -0.308 e. The second-order valence-electron chi connectivity index (χ2n) is 4.82. The molecule has 1 unspecified atom stereocenters. The summed E-state index contributed by atoms with van der Waals surface area (Å²) >= 11 is 0. The molecule has 84 valence electrons. The lowest BCUT2D eigenvalue weighted by Crippen LogP contribution is -2.40. The third-order valence-corrected chi connectivity index (χ3v) is 3.94. The van der Waals surface area contributed by atoms with Gasteiger partial charge in [-0.1, -0.05) is 13.3 Å². The van der Waals surface area contributed by atoms with Crippen LogP contribution in [-0.2, 0) is 0 Å². The third kappa shape index (κ3) is 2.23. The molecule has 1 aliphatic rings. The molecule has 1 atom stereocenters. The topological polar surface area (TPSA) is 40.7 Å². The Hall–Kier alpha value is -0.830. The zero-order valence-electron chi connectivity index (χ0n) is 9.71. The minimum atomic E-state index is 0.386. The van der Waals surface area contributed by atoms with Gasteiger partial charge in [-0.15, -0.1) is 0 Å². The molecule has 1 aromatic heterocycles. The van der Waals surface area contributed by atoms with Crippen LogP contribution in [0.5, 0.6) is 0 Å². The van der Waals surface area contributed by atoms with E-state index in [0.29, 0.717) is 11.5 Å². The fourth-order valence-corrected chi connectivity index (χ4v) is 2.32. The SMILES string of the molecule is CCC1(CNC(C)c2ccn[nH]2)CCC1. The molecule has 3 nitrogen and oxygen atoms in total. The van der Waals surface area contributed by atoms with Crippen molar-refractivity contribution in [3.63, 3.8) is 0 Å². The van der Waals surface area contributed by atoms with E-state index in [1.807, 2.05) is 12.3 Å². The van der Waals surface area contributed by atoms with E-state index in [0.717, 1.165) is 6.54 Å². The molecule has 1 heterocycles. The Morgan fingerprint density at radius 2 is 2.40 bits per heavy atom. The van der Waals surface area contributed by atoms with Gasteiger partial charge in [0.2, 0.25) is 0 Å². The standard InChI is InChI=1S/C12H21N3/c1-3-12(6-4-7-12)9-13-10(2)11-5-8-14-15-11/h5,8,10,13H,3-4,6-7,9H2,1-2H3,(H,14,15). The highest BCUT2D eigenvalue weighted by atomic mass is 15.1. The number of nitrogens with zero attached hydrogens (tertiary/aromatic N) is 1. The smallest absolute Gasteiger partial charge is 0.0518 e. The molecule has 2 rings (SSSR count). The molecule has 0 bridgehead atoms. The predicted octanol–water partition coefficient (Wildman–Crippen LogP) is 2.64. The molecule has 1 aromatic rings. The second-order valence-corrected chi connectivity index (χ2v) is 4.82. The first-order chi connectivity index (χ1) is 7.26. The van der Waals surface area contributed by atoms with Crippen molar-refractivity contribution < 1.29 is 0 Å². The van der Waals surface area contributed by atoms with Gasteiger partial charge in [-0.05, 0) is 37.7 Å². The van der Waals surface area contributed by atoms with E-state index in [1.165, 1.54) is 31.4 Å². The van der Waals surface area contributed by atoms with Gasteiger partial charge in [0, 0.05) is 18.8 Å². The molecule has 1 fully saturated rings. The molecule has 0 aliphatic heterocycles. The number of H-pyrrole nitrogens is 1. The summed E-state index contributed by atoms with van der Waals surface area (Å²) in [6.07, 6.45) is 7.31. The van der Waals surface area contributed by atoms with E-state index in [2.05, 4.69) is 29.4 Å². The predicted molar refractivity (Wildman–Crippen MR) is 61.6 cm³/mol. The Bertz CT molecular complexity index is 282. The van der Waals surface area contributed by atoms with E-state index in [1.54, 1.807) is 0 Å². The van der Waals surface area contributed by atoms with Crippen LogP contribution in [0.1, 0.15) is 51.3 Å². The number of nitrogens with one attached hydrogen (secondary N) is 2. The Morgan fingerprint density at radius 3 is 2.87 bits per heavy atom. The van der Waals surface area contributed by atoms with Crippen LogP contribution in [-0.4, -0.2) is 16.7 Å². The van der Waals surface area contributed by atoms with E-state index < -0.39 is 0 Å². The van der Waals surface area contributed by atoms with Crippen LogP contribution in [0.15, 0.2) is 12.3 Å². The van der Waals surface area contributed by atoms with Gasteiger partial charge in [0.15, 0.2) is 0 Å².